The van der Waals surface area contributed by atoms with E-state index in [0.717, 1.165) is 18.2 Å². The average molecular weight is 401 g/mol. The molecule has 2 atom stereocenters. The van der Waals surface area contributed by atoms with Gasteiger partial charge >= 0.3 is 129 Å². The molecule has 1 aliphatic heterocycles. The van der Waals surface area contributed by atoms with Gasteiger partial charge in [0.15, 0.2) is 0 Å². The van der Waals surface area contributed by atoms with Gasteiger partial charge < -0.3 is 0 Å². The van der Waals surface area contributed by atoms with Crippen LogP contribution in [0.5, 0.6) is 5.75 Å². The first-order valence-corrected chi connectivity index (χ1v) is 10.6. The minimum atomic E-state index is -4.75. The number of benzene rings is 1. The number of nitrogens with one attached hydrogen (secondary N) is 2. The molecule has 2 rings (SSSR count). The molecule has 23 heavy (non-hydrogen) atoms. The number of rotatable bonds is 4. The molecule has 2 unspecified atom stereocenters. The molecule has 0 aromatic heterocycles. The van der Waals surface area contributed by atoms with Crippen molar-refractivity contribution in [2.75, 3.05) is 6.61 Å². The van der Waals surface area contributed by atoms with Crippen molar-refractivity contribution in [2.24, 2.45) is 4.52 Å². The first kappa shape index (κ1) is 18.9. The van der Waals surface area contributed by atoms with Gasteiger partial charge in [0.25, 0.3) is 0 Å². The summed E-state index contributed by atoms with van der Waals surface area (Å²) < 4.78 is 92.5. The van der Waals surface area contributed by atoms with E-state index in [0.29, 0.717) is 6.07 Å². The molecule has 0 bridgehead atoms. The molecule has 132 valence electrons. The molecule has 1 heterocycles. The molecular weight excluding hydrogens is 389 g/mol. The van der Waals surface area contributed by atoms with E-state index in [-0.39, 0.29) is 6.61 Å². The number of halogens is 6. The predicted molar refractivity (Wildman–Crippen MR) is 77.9 cm³/mol. The van der Waals surface area contributed by atoms with Gasteiger partial charge in [0, 0.05) is 0 Å². The molecule has 0 amide bonds. The molecule has 1 aliphatic rings. The van der Waals surface area contributed by atoms with Gasteiger partial charge in [-0.25, -0.2) is 0 Å². The summed E-state index contributed by atoms with van der Waals surface area (Å²) in [5, 5.41) is 0. The van der Waals surface area contributed by atoms with Crippen LogP contribution < -0.4 is 14.2 Å². The maximum atomic E-state index is 14.5. The summed E-state index contributed by atoms with van der Waals surface area (Å²) in [5.41, 5.74) is -1.09. The third-order valence-corrected chi connectivity index (χ3v) is 9.19. The minimum absolute atomic E-state index is 0.189. The van der Waals surface area contributed by atoms with E-state index in [9.17, 15) is 25.8 Å². The maximum absolute atomic E-state index is 14.5. The van der Waals surface area contributed by atoms with Crippen LogP contribution in [0, 0.1) is 0 Å². The zero-order valence-electron chi connectivity index (χ0n) is 11.4. The first-order chi connectivity index (χ1) is 10.6. The summed E-state index contributed by atoms with van der Waals surface area (Å²) in [6, 6.07) is 3.27. The molecule has 14 heteroatoms. The van der Waals surface area contributed by atoms with Crippen LogP contribution in [0.4, 0.5) is 25.8 Å². The van der Waals surface area contributed by atoms with E-state index in [1.54, 1.807) is 9.72 Å². The molecular formula is C9H12F6N3O2P3. The van der Waals surface area contributed by atoms with Gasteiger partial charge in [-0.2, -0.15) is 0 Å². The van der Waals surface area contributed by atoms with Crippen LogP contribution in [0.25, 0.3) is 0 Å². The monoisotopic (exact) mass is 401 g/mol. The zero-order valence-corrected chi connectivity index (χ0v) is 14.2. The quantitative estimate of drug-likeness (QED) is 0.494. The topological polar surface area (TPSA) is 54.9 Å². The van der Waals surface area contributed by atoms with E-state index in [1.165, 1.54) is 6.92 Å². The van der Waals surface area contributed by atoms with E-state index in [4.69, 9.17) is 4.52 Å². The summed E-state index contributed by atoms with van der Waals surface area (Å²) in [5.74, 6) is -0.551. The van der Waals surface area contributed by atoms with Crippen molar-refractivity contribution in [3.05, 3.63) is 29.8 Å². The molecule has 2 N–H and O–H groups in total. The van der Waals surface area contributed by atoms with Gasteiger partial charge in [-0.1, -0.05) is 0 Å². The van der Waals surface area contributed by atoms with E-state index in [2.05, 4.69) is 9.04 Å². The Balaban J connectivity index is 2.32. The van der Waals surface area contributed by atoms with Gasteiger partial charge in [-0.05, 0) is 0 Å². The normalized spacial score (nSPS) is 28.7. The van der Waals surface area contributed by atoms with Gasteiger partial charge in [-0.3, -0.25) is 0 Å². The number of nitrogens with zero attached hydrogens (tertiary/aromatic N) is 1. The van der Waals surface area contributed by atoms with Crippen molar-refractivity contribution in [3.8, 4) is 5.75 Å². The Bertz CT molecular complexity index is 633. The standard InChI is InChI=1S/C9H12F6N3O2P3/c1-2-19-22(14)16-21(13)17-23(15,18-22)20-8-5-3-4-7(6-8)9(10,11)12/h3-6,16-17,22H,2H2,1H3. The molecule has 0 aliphatic carbocycles. The third-order valence-electron chi connectivity index (χ3n) is 2.43. The van der Waals surface area contributed by atoms with Crippen LogP contribution in [-0.4, -0.2) is 6.61 Å². The van der Waals surface area contributed by atoms with E-state index >= 15 is 0 Å². The summed E-state index contributed by atoms with van der Waals surface area (Å²) in [6.45, 7) is 1.21. The molecule has 0 fully saturated rings. The van der Waals surface area contributed by atoms with Crippen LogP contribution in [-0.2, 0) is 10.7 Å². The van der Waals surface area contributed by atoms with Crippen molar-refractivity contribution in [1.82, 2.24) is 9.72 Å². The number of hydrogen-bond acceptors (Lipinski definition) is 5. The Kier molecular flexibility index (Phi) is 5.61. The molecule has 0 saturated heterocycles. The van der Waals surface area contributed by atoms with Crippen LogP contribution in [0.15, 0.2) is 28.8 Å². The van der Waals surface area contributed by atoms with Gasteiger partial charge in [0.1, 0.15) is 0 Å². The van der Waals surface area contributed by atoms with Crippen molar-refractivity contribution < 1.29 is 34.8 Å². The number of hydrogen-bond donors (Lipinski definition) is 2. The fourth-order valence-corrected chi connectivity index (χ4v) is 8.19. The van der Waals surface area contributed by atoms with Crippen LogP contribution in [0.2, 0.25) is 0 Å². The Morgan fingerprint density at radius 2 is 2.09 bits per heavy atom. The average Bonchev–Trinajstić information content (AvgIpc) is 2.35. The van der Waals surface area contributed by atoms with Gasteiger partial charge in [-0.15, -0.1) is 0 Å². The van der Waals surface area contributed by atoms with Crippen molar-refractivity contribution in [1.29, 1.82) is 0 Å². The summed E-state index contributed by atoms with van der Waals surface area (Å²) in [6.07, 6.45) is -4.67. The summed E-state index contributed by atoms with van der Waals surface area (Å²) in [4.78, 5) is 3.46. The molecule has 1 aromatic carbocycles. The fourth-order valence-electron chi connectivity index (χ4n) is 1.63. The Morgan fingerprint density at radius 3 is 2.70 bits per heavy atom. The second-order valence-electron chi connectivity index (χ2n) is 4.21. The SMILES string of the molecule is CCO[PH]1(F)N=P(F)(Oc2cccc(C(F)(F)F)c2)NP(F)N1. The van der Waals surface area contributed by atoms with Crippen LogP contribution in [0.3, 0.4) is 0 Å². The van der Waals surface area contributed by atoms with E-state index in [1.807, 2.05) is 0 Å². The van der Waals surface area contributed by atoms with Crippen LogP contribution in [0.1, 0.15) is 12.5 Å². The molecule has 1 aromatic rings. The Hall–Kier alpha value is -0.430. The zero-order chi connectivity index (χ0) is 17.3. The van der Waals surface area contributed by atoms with E-state index < -0.39 is 41.9 Å². The second-order valence-corrected chi connectivity index (χ2v) is 9.86. The second kappa shape index (κ2) is 6.82. The third kappa shape index (κ3) is 5.02. The Labute approximate surface area is 129 Å². The molecule has 5 nitrogen and oxygen atoms in total. The molecule has 0 spiro atoms. The predicted octanol–water partition coefficient (Wildman–Crippen LogP) is 5.81. The number of alkyl halides is 3. The van der Waals surface area contributed by atoms with Gasteiger partial charge in [0.2, 0.25) is 0 Å². The molecule has 0 saturated carbocycles. The van der Waals surface area contributed by atoms with Crippen molar-refractivity contribution in [3.63, 3.8) is 0 Å². The molecule has 0 radical (unpaired) electrons. The Morgan fingerprint density at radius 1 is 1.39 bits per heavy atom. The first-order valence-electron chi connectivity index (χ1n) is 6.10. The van der Waals surface area contributed by atoms with Crippen molar-refractivity contribution in [2.45, 2.75) is 13.1 Å². The summed E-state index contributed by atoms with van der Waals surface area (Å²) >= 11 is 0. The van der Waals surface area contributed by atoms with Crippen molar-refractivity contribution >= 4 is 24.4 Å². The van der Waals surface area contributed by atoms with Crippen LogP contribution >= 0.6 is 24.4 Å². The summed E-state index contributed by atoms with van der Waals surface area (Å²) in [7, 11) is -12.5. The fraction of sp³-hybridized carbons (Fsp3) is 0.333. The van der Waals surface area contributed by atoms with Gasteiger partial charge in [0.05, 0.1) is 0 Å².